The highest BCUT2D eigenvalue weighted by Gasteiger charge is 2.13. The van der Waals surface area contributed by atoms with Gasteiger partial charge in [0.05, 0.1) is 5.39 Å². The highest BCUT2D eigenvalue weighted by molar-refractivity contribution is 9.10. The molecule has 82 valence electrons. The summed E-state index contributed by atoms with van der Waals surface area (Å²) in [6, 6.07) is 8.26. The van der Waals surface area contributed by atoms with Gasteiger partial charge in [0.2, 0.25) is 0 Å². The molecule has 1 atom stereocenters. The van der Waals surface area contributed by atoms with E-state index in [1.165, 1.54) is 6.07 Å². The van der Waals surface area contributed by atoms with Gasteiger partial charge in [-0.2, -0.15) is 5.23 Å². The van der Waals surface area contributed by atoms with Crippen molar-refractivity contribution in [1.29, 1.82) is 0 Å². The summed E-state index contributed by atoms with van der Waals surface area (Å²) in [5, 5.41) is 20.3. The molecule has 2 aromatic rings. The highest BCUT2D eigenvalue weighted by atomic mass is 79.9. The van der Waals surface area contributed by atoms with E-state index >= 15 is 0 Å². The summed E-state index contributed by atoms with van der Waals surface area (Å²) in [6.07, 6.45) is 0.668. The van der Waals surface area contributed by atoms with E-state index in [2.05, 4.69) is 15.9 Å². The van der Waals surface area contributed by atoms with Crippen LogP contribution in [0, 0.1) is 5.21 Å². The summed E-state index contributed by atoms with van der Waals surface area (Å²) in [6.45, 7) is 0. The Balaban J connectivity index is 2.93. The predicted molar refractivity (Wildman–Crippen MR) is 62.8 cm³/mol. The molecule has 0 fully saturated rings. The van der Waals surface area contributed by atoms with Gasteiger partial charge in [-0.1, -0.05) is 34.1 Å². The van der Waals surface area contributed by atoms with Crippen molar-refractivity contribution < 1.29 is 15.2 Å². The first-order valence-corrected chi connectivity index (χ1v) is 5.34. The van der Waals surface area contributed by atoms with Crippen molar-refractivity contribution >= 4 is 38.7 Å². The van der Waals surface area contributed by atoms with E-state index in [0.717, 1.165) is 9.86 Å². The topological polar surface area (TPSA) is 64.8 Å². The molecule has 2 aromatic carbocycles. The molecule has 5 heteroatoms. The largest absolute Gasteiger partial charge is 0.595 e. The Labute approximate surface area is 99.8 Å². The molecule has 0 aromatic heterocycles. The Hall–Kier alpha value is -1.27. The van der Waals surface area contributed by atoms with E-state index in [1.807, 2.05) is 0 Å². The molecular weight excluding hydrogens is 274 g/mol. The number of benzene rings is 2. The summed E-state index contributed by atoms with van der Waals surface area (Å²) in [4.78, 5) is 10.9. The maximum absolute atomic E-state index is 11.1. The van der Waals surface area contributed by atoms with E-state index in [0.29, 0.717) is 17.2 Å². The molecule has 16 heavy (non-hydrogen) atoms. The Kier molecular flexibility index (Phi) is 3.02. The quantitative estimate of drug-likeness (QED) is 0.652. The maximum atomic E-state index is 11.1. The van der Waals surface area contributed by atoms with Crippen molar-refractivity contribution in [2.75, 3.05) is 0 Å². The van der Waals surface area contributed by atoms with Gasteiger partial charge in [0.1, 0.15) is 0 Å². The van der Waals surface area contributed by atoms with E-state index in [1.54, 1.807) is 24.3 Å². The predicted octanol–water partition coefficient (Wildman–Crippen LogP) is 1.82. The Bertz CT molecular complexity index is 554. The molecule has 0 spiro atoms. The fourth-order valence-electron chi connectivity index (χ4n) is 1.68. The molecule has 0 heterocycles. The monoisotopic (exact) mass is 281 g/mol. The first-order chi connectivity index (χ1) is 7.65. The molecule has 0 radical (unpaired) electrons. The summed E-state index contributed by atoms with van der Waals surface area (Å²) in [5.74, 6) is 0. The van der Waals surface area contributed by atoms with Crippen LogP contribution in [0.2, 0.25) is 0 Å². The van der Waals surface area contributed by atoms with Crippen LogP contribution >= 0.6 is 15.9 Å². The molecule has 0 amide bonds. The minimum atomic E-state index is -1.04. The van der Waals surface area contributed by atoms with Crippen LogP contribution < -0.4 is 5.23 Å². The van der Waals surface area contributed by atoms with Gasteiger partial charge >= 0.3 is 0 Å². The lowest BCUT2D eigenvalue weighted by Crippen LogP contribution is -2.99. The number of hydrogen-bond acceptors (Lipinski definition) is 3. The number of hydrogen-bond donors (Lipinski definition) is 2. The van der Waals surface area contributed by atoms with E-state index in [4.69, 9.17) is 5.21 Å². The van der Waals surface area contributed by atoms with Gasteiger partial charge in [-0.15, -0.1) is 0 Å². The van der Waals surface area contributed by atoms with Gasteiger partial charge in [0.25, 0.3) is 0 Å². The first kappa shape index (κ1) is 11.2. The number of nitrogens with one attached hydrogen (secondary N) is 1. The SMILES string of the molecule is O=Cc1cccc2c(Br)ccc([NH+]([O-])O)c12. The zero-order valence-corrected chi connectivity index (χ0v) is 9.69. The maximum Gasteiger partial charge on any atom is 0.172 e. The van der Waals surface area contributed by atoms with Crippen molar-refractivity contribution in [3.05, 3.63) is 45.6 Å². The van der Waals surface area contributed by atoms with Crippen molar-refractivity contribution in [2.45, 2.75) is 0 Å². The van der Waals surface area contributed by atoms with Crippen LogP contribution in [0.15, 0.2) is 34.8 Å². The Morgan fingerprint density at radius 2 is 2.06 bits per heavy atom. The Morgan fingerprint density at radius 1 is 1.31 bits per heavy atom. The lowest BCUT2D eigenvalue weighted by molar-refractivity contribution is -0.990. The third-order valence-electron chi connectivity index (χ3n) is 2.38. The van der Waals surface area contributed by atoms with Crippen molar-refractivity contribution in [3.63, 3.8) is 0 Å². The normalized spacial score (nSPS) is 12.7. The first-order valence-electron chi connectivity index (χ1n) is 4.55. The number of carbonyl (C=O) groups excluding carboxylic acids is 1. The lowest BCUT2D eigenvalue weighted by atomic mass is 10.0. The second-order valence-corrected chi connectivity index (χ2v) is 4.14. The van der Waals surface area contributed by atoms with Gasteiger partial charge in [0.15, 0.2) is 12.0 Å². The van der Waals surface area contributed by atoms with Crippen LogP contribution in [0.4, 0.5) is 5.69 Å². The van der Waals surface area contributed by atoms with Crippen LogP contribution in [-0.2, 0) is 0 Å². The number of rotatable bonds is 2. The number of halogens is 1. The van der Waals surface area contributed by atoms with Crippen LogP contribution in [0.25, 0.3) is 10.8 Å². The Morgan fingerprint density at radius 3 is 2.69 bits per heavy atom. The lowest BCUT2D eigenvalue weighted by Gasteiger charge is -2.15. The van der Waals surface area contributed by atoms with Crippen molar-refractivity contribution in [3.8, 4) is 0 Å². The fourth-order valence-corrected chi connectivity index (χ4v) is 2.14. The van der Waals surface area contributed by atoms with Gasteiger partial charge in [-0.05, 0) is 6.07 Å². The molecule has 0 aliphatic heterocycles. The van der Waals surface area contributed by atoms with Crippen molar-refractivity contribution in [2.24, 2.45) is 0 Å². The molecule has 0 saturated carbocycles. The van der Waals surface area contributed by atoms with Crippen LogP contribution in [-0.4, -0.2) is 11.5 Å². The second-order valence-electron chi connectivity index (χ2n) is 3.29. The molecule has 1 unspecified atom stereocenters. The fraction of sp³-hybridized carbons (Fsp3) is 0. The highest BCUT2D eigenvalue weighted by Crippen LogP contribution is 2.30. The van der Waals surface area contributed by atoms with Gasteiger partial charge in [0, 0.05) is 21.5 Å². The molecule has 0 saturated heterocycles. The number of aldehydes is 1. The van der Waals surface area contributed by atoms with E-state index < -0.39 is 5.23 Å². The van der Waals surface area contributed by atoms with E-state index in [9.17, 15) is 10.0 Å². The molecule has 2 N–H and O–H groups in total. The summed E-state index contributed by atoms with van der Waals surface area (Å²) < 4.78 is 0.774. The number of fused-ring (bicyclic) bond motifs is 1. The third kappa shape index (κ3) is 1.74. The number of quaternary nitrogens is 1. The van der Waals surface area contributed by atoms with Crippen LogP contribution in [0.5, 0.6) is 0 Å². The standard InChI is InChI=1S/C11H8BrNO3/c12-9-4-5-10(13(15)16)11-7(6-14)2-1-3-8(9)11/h1-6,13,15H. The van der Waals surface area contributed by atoms with Crippen LogP contribution in [0.1, 0.15) is 10.4 Å². The van der Waals surface area contributed by atoms with Gasteiger partial charge < -0.3 is 5.21 Å². The third-order valence-corrected chi connectivity index (χ3v) is 3.07. The molecule has 2 rings (SSSR count). The average Bonchev–Trinajstić information content (AvgIpc) is 2.28. The summed E-state index contributed by atoms with van der Waals surface area (Å²) in [5.41, 5.74) is 0.525. The molecule has 0 aliphatic carbocycles. The molecular formula is C11H8BrNO3. The zero-order valence-electron chi connectivity index (χ0n) is 8.11. The van der Waals surface area contributed by atoms with E-state index in [-0.39, 0.29) is 5.69 Å². The molecule has 4 nitrogen and oxygen atoms in total. The minimum absolute atomic E-state index is 0.140. The smallest absolute Gasteiger partial charge is 0.172 e. The average molecular weight is 282 g/mol. The van der Waals surface area contributed by atoms with Crippen LogP contribution in [0.3, 0.4) is 0 Å². The van der Waals surface area contributed by atoms with Crippen molar-refractivity contribution in [1.82, 2.24) is 0 Å². The molecule has 0 aliphatic rings. The van der Waals surface area contributed by atoms with Gasteiger partial charge in [-0.25, -0.2) is 5.21 Å². The summed E-state index contributed by atoms with van der Waals surface area (Å²) >= 11 is 3.33. The second kappa shape index (κ2) is 4.31. The molecule has 0 bridgehead atoms. The summed E-state index contributed by atoms with van der Waals surface area (Å²) in [7, 11) is 0. The zero-order chi connectivity index (χ0) is 11.7. The minimum Gasteiger partial charge on any atom is -0.595 e. The number of carbonyl (C=O) groups is 1. The van der Waals surface area contributed by atoms with Gasteiger partial charge in [-0.3, -0.25) is 4.79 Å².